The van der Waals surface area contributed by atoms with Crippen molar-refractivity contribution in [3.8, 4) is 45.1 Å². The summed E-state index contributed by atoms with van der Waals surface area (Å²) < 4.78 is 4.69. The van der Waals surface area contributed by atoms with Gasteiger partial charge < -0.3 is 4.57 Å². The van der Waals surface area contributed by atoms with E-state index in [9.17, 15) is 0 Å². The fourth-order valence-corrected chi connectivity index (χ4v) is 10.3. The average Bonchev–Trinajstić information content (AvgIpc) is 3.84. The van der Waals surface area contributed by atoms with Crippen LogP contribution in [-0.2, 0) is 6.42 Å². The summed E-state index contributed by atoms with van der Waals surface area (Å²) >= 11 is 0. The quantitative estimate of drug-likeness (QED) is 0.174. The number of benzene rings is 9. The van der Waals surface area contributed by atoms with Crippen molar-refractivity contribution >= 4 is 54.5 Å². The van der Waals surface area contributed by atoms with Crippen molar-refractivity contribution in [3.63, 3.8) is 0 Å². The summed E-state index contributed by atoms with van der Waals surface area (Å²) in [6.07, 6.45) is 0.995. The highest BCUT2D eigenvalue weighted by atomic mass is 15.2. The molecule has 13 rings (SSSR count). The summed E-state index contributed by atoms with van der Waals surface area (Å²) in [5, 5.41) is 5.73. The largest absolute Gasteiger partial charge is 0.309 e. The van der Waals surface area contributed by atoms with Crippen molar-refractivity contribution in [1.82, 2.24) is 19.1 Å². The fraction of sp³-hybridized carbons (Fsp3) is 0.0345. The predicted octanol–water partition coefficient (Wildman–Crippen LogP) is 14.5. The number of aromatic nitrogens is 4. The highest BCUT2D eigenvalue weighted by Crippen LogP contribution is 2.46. The van der Waals surface area contributed by atoms with Gasteiger partial charge in [-0.3, -0.25) is 4.57 Å². The number of para-hydroxylation sites is 3. The maximum atomic E-state index is 5.44. The topological polar surface area (TPSA) is 35.6 Å². The molecule has 1 atom stereocenters. The fourth-order valence-electron chi connectivity index (χ4n) is 10.3. The van der Waals surface area contributed by atoms with Gasteiger partial charge in [0.2, 0.25) is 5.95 Å². The van der Waals surface area contributed by atoms with Gasteiger partial charge in [-0.05, 0) is 100.0 Å². The molecule has 3 aromatic heterocycles. The molecule has 9 aromatic carbocycles. The zero-order valence-electron chi connectivity index (χ0n) is 33.8. The third kappa shape index (κ3) is 5.33. The lowest BCUT2D eigenvalue weighted by atomic mass is 9.75. The third-order valence-corrected chi connectivity index (χ3v) is 13.1. The lowest BCUT2D eigenvalue weighted by Crippen LogP contribution is -2.12. The van der Waals surface area contributed by atoms with Crippen molar-refractivity contribution < 1.29 is 0 Å². The predicted molar refractivity (Wildman–Crippen MR) is 257 cm³/mol. The number of fused-ring (bicyclic) bond motifs is 10. The molecule has 4 nitrogen and oxygen atoms in total. The minimum atomic E-state index is 0.303. The Labute approximate surface area is 358 Å². The molecule has 0 saturated carbocycles. The van der Waals surface area contributed by atoms with Crippen LogP contribution < -0.4 is 0 Å². The monoisotopic (exact) mass is 790 g/mol. The van der Waals surface area contributed by atoms with Gasteiger partial charge in [0.1, 0.15) is 0 Å². The first kappa shape index (κ1) is 34.8. The van der Waals surface area contributed by atoms with Crippen molar-refractivity contribution in [2.45, 2.75) is 12.3 Å². The molecule has 1 unspecified atom stereocenters. The van der Waals surface area contributed by atoms with E-state index in [0.29, 0.717) is 11.9 Å². The molecule has 0 bridgehead atoms. The van der Waals surface area contributed by atoms with Gasteiger partial charge in [-0.2, -0.15) is 0 Å². The van der Waals surface area contributed by atoms with Crippen LogP contribution in [0.1, 0.15) is 22.6 Å². The molecule has 0 N–H and O–H groups in total. The molecule has 0 spiro atoms. The van der Waals surface area contributed by atoms with Crippen LogP contribution in [0.3, 0.4) is 0 Å². The van der Waals surface area contributed by atoms with Gasteiger partial charge in [-0.15, -0.1) is 0 Å². The number of nitrogens with zero attached hydrogens (tertiary/aromatic N) is 4. The van der Waals surface area contributed by atoms with Gasteiger partial charge in [-0.25, -0.2) is 9.97 Å². The minimum absolute atomic E-state index is 0.303. The molecule has 4 heteroatoms. The first-order valence-corrected chi connectivity index (χ1v) is 21.4. The van der Waals surface area contributed by atoms with Crippen LogP contribution in [0.5, 0.6) is 0 Å². The van der Waals surface area contributed by atoms with E-state index in [1.54, 1.807) is 0 Å². The van der Waals surface area contributed by atoms with Crippen molar-refractivity contribution in [2.24, 2.45) is 0 Å². The zero-order valence-corrected chi connectivity index (χ0v) is 33.8. The molecule has 62 heavy (non-hydrogen) atoms. The second-order valence-electron chi connectivity index (χ2n) is 16.5. The average molecular weight is 791 g/mol. The van der Waals surface area contributed by atoms with Gasteiger partial charge in [0.25, 0.3) is 0 Å². The van der Waals surface area contributed by atoms with Gasteiger partial charge >= 0.3 is 0 Å². The SMILES string of the molecule is c1ccc(-c2nc(-n3c4ccc(-c5ccc6c(c5)-c5ccccc5CC6c5ccccc5)cc4c4cc5c(cc43)c3ccccc3n5-c3ccccc3)nc3ccccc23)cc1. The Balaban J connectivity index is 1.09. The van der Waals surface area contributed by atoms with Crippen LogP contribution in [0, 0.1) is 0 Å². The van der Waals surface area contributed by atoms with Crippen LogP contribution in [0.4, 0.5) is 0 Å². The van der Waals surface area contributed by atoms with Crippen LogP contribution in [-0.4, -0.2) is 19.1 Å². The summed E-state index contributed by atoms with van der Waals surface area (Å²) in [6, 6.07) is 77.1. The van der Waals surface area contributed by atoms with Crippen molar-refractivity contribution in [3.05, 3.63) is 229 Å². The Bertz CT molecular complexity index is 3710. The third-order valence-electron chi connectivity index (χ3n) is 13.1. The highest BCUT2D eigenvalue weighted by molar-refractivity contribution is 6.19. The van der Waals surface area contributed by atoms with E-state index in [4.69, 9.17) is 9.97 Å². The number of hydrogen-bond acceptors (Lipinski definition) is 2. The van der Waals surface area contributed by atoms with E-state index in [1.807, 2.05) is 0 Å². The van der Waals surface area contributed by atoms with E-state index in [0.717, 1.165) is 61.6 Å². The second kappa shape index (κ2) is 13.7. The number of hydrogen-bond donors (Lipinski definition) is 0. The Morgan fingerprint density at radius 3 is 1.84 bits per heavy atom. The Morgan fingerprint density at radius 1 is 0.387 bits per heavy atom. The van der Waals surface area contributed by atoms with Crippen LogP contribution in [0.2, 0.25) is 0 Å². The Morgan fingerprint density at radius 2 is 1.00 bits per heavy atom. The Kier molecular flexibility index (Phi) is 7.70. The molecule has 0 aliphatic heterocycles. The molecular formula is C58H38N4. The van der Waals surface area contributed by atoms with E-state index in [1.165, 1.54) is 55.2 Å². The summed E-state index contributed by atoms with van der Waals surface area (Å²) in [5.74, 6) is 0.955. The van der Waals surface area contributed by atoms with Gasteiger partial charge in [-0.1, -0.05) is 158 Å². The lowest BCUT2D eigenvalue weighted by molar-refractivity contribution is 0.794. The molecule has 12 aromatic rings. The maximum Gasteiger partial charge on any atom is 0.235 e. The molecule has 0 fully saturated rings. The first-order chi connectivity index (χ1) is 30.7. The molecule has 0 radical (unpaired) electrons. The van der Waals surface area contributed by atoms with E-state index in [-0.39, 0.29) is 0 Å². The van der Waals surface area contributed by atoms with Crippen molar-refractivity contribution in [1.29, 1.82) is 0 Å². The zero-order chi connectivity index (χ0) is 40.7. The molecule has 3 heterocycles. The van der Waals surface area contributed by atoms with E-state index < -0.39 is 0 Å². The minimum Gasteiger partial charge on any atom is -0.309 e. The molecule has 1 aliphatic carbocycles. The second-order valence-corrected chi connectivity index (χ2v) is 16.5. The van der Waals surface area contributed by atoms with Crippen molar-refractivity contribution in [2.75, 3.05) is 0 Å². The molecule has 290 valence electrons. The van der Waals surface area contributed by atoms with E-state index in [2.05, 4.69) is 221 Å². The van der Waals surface area contributed by atoms with Gasteiger partial charge in [0, 0.05) is 44.1 Å². The Hall–Kier alpha value is -8.08. The smallest absolute Gasteiger partial charge is 0.235 e. The van der Waals surface area contributed by atoms with E-state index >= 15 is 0 Å². The summed E-state index contributed by atoms with van der Waals surface area (Å²) in [5.41, 5.74) is 17.6. The maximum absolute atomic E-state index is 5.44. The summed E-state index contributed by atoms with van der Waals surface area (Å²) in [7, 11) is 0. The van der Waals surface area contributed by atoms with Crippen LogP contribution in [0.15, 0.2) is 212 Å². The molecule has 0 amide bonds. The van der Waals surface area contributed by atoms with Gasteiger partial charge in [0.05, 0.1) is 33.3 Å². The highest BCUT2D eigenvalue weighted by Gasteiger charge is 2.27. The van der Waals surface area contributed by atoms with Crippen LogP contribution >= 0.6 is 0 Å². The van der Waals surface area contributed by atoms with Gasteiger partial charge in [0.15, 0.2) is 0 Å². The molecule has 1 aliphatic rings. The molecule has 0 saturated heterocycles. The standard InChI is InChI=1S/C58H38N4/c1-4-16-37(17-5-1)47-34-41-20-10-11-23-43(41)48-32-39(28-30-44(47)48)40-29-31-54-49(33-40)51-36-55-50(45-24-13-15-27-53(45)61(55)42-21-8-3-9-22-42)35-56(51)62(54)58-59-52-26-14-12-25-46(52)57(60-58)38-18-6-2-7-19-38/h1-33,35-36,47H,34H2. The number of rotatable bonds is 5. The molecular weight excluding hydrogens is 753 g/mol. The first-order valence-electron chi connectivity index (χ1n) is 21.4. The summed E-state index contributed by atoms with van der Waals surface area (Å²) in [4.78, 5) is 10.8. The lowest BCUT2D eigenvalue weighted by Gasteiger charge is -2.29. The normalized spacial score (nSPS) is 13.6. The van der Waals surface area contributed by atoms with Crippen LogP contribution in [0.25, 0.3) is 99.7 Å². The summed E-state index contributed by atoms with van der Waals surface area (Å²) in [6.45, 7) is 0.